The number of aryl methyl sites for hydroxylation is 2. The molecule has 2 heterocycles. The van der Waals surface area contributed by atoms with Crippen LogP contribution >= 0.6 is 0 Å². The molecule has 1 aromatic heterocycles. The molecule has 1 amide bonds. The molecule has 4 heteroatoms. The maximum absolute atomic E-state index is 12.8. The molecule has 0 bridgehead atoms. The number of pyridine rings is 1. The molecule has 0 radical (unpaired) electrons. The smallest absolute Gasteiger partial charge is 0.257 e. The van der Waals surface area contributed by atoms with Crippen LogP contribution in [0.3, 0.4) is 0 Å². The van der Waals surface area contributed by atoms with E-state index < -0.39 is 0 Å². The van der Waals surface area contributed by atoms with Gasteiger partial charge in [0.15, 0.2) is 0 Å². The van der Waals surface area contributed by atoms with Crippen LogP contribution < -0.4 is 5.32 Å². The SMILES string of the molecule is O=C(c1cccnc1Nc1ccc2c(c1)CCC2)N1CCCCC1. The zero-order chi connectivity index (χ0) is 16.4. The summed E-state index contributed by atoms with van der Waals surface area (Å²) in [6.07, 6.45) is 8.71. The van der Waals surface area contributed by atoms with Crippen LogP contribution in [0.25, 0.3) is 0 Å². The number of fused-ring (bicyclic) bond motifs is 1. The average molecular weight is 321 g/mol. The zero-order valence-corrected chi connectivity index (χ0v) is 13.9. The first-order chi connectivity index (χ1) is 11.8. The highest BCUT2D eigenvalue weighted by Gasteiger charge is 2.21. The lowest BCUT2D eigenvalue weighted by molar-refractivity contribution is 0.0725. The molecule has 0 unspecified atom stereocenters. The van der Waals surface area contributed by atoms with E-state index in [-0.39, 0.29) is 5.91 Å². The standard InChI is InChI=1S/C20H23N3O/c24-20(23-12-2-1-3-13-23)18-8-5-11-21-19(18)22-17-10-9-15-6-4-7-16(15)14-17/h5,8-11,14H,1-4,6-7,12-13H2,(H,21,22). The van der Waals surface area contributed by atoms with Gasteiger partial charge in [0.25, 0.3) is 5.91 Å². The zero-order valence-electron chi connectivity index (χ0n) is 13.9. The summed E-state index contributed by atoms with van der Waals surface area (Å²) in [5.41, 5.74) is 4.55. The van der Waals surface area contributed by atoms with E-state index >= 15 is 0 Å². The number of amides is 1. The topological polar surface area (TPSA) is 45.2 Å². The van der Waals surface area contributed by atoms with Crippen LogP contribution in [-0.4, -0.2) is 28.9 Å². The molecule has 4 rings (SSSR count). The second-order valence-electron chi connectivity index (χ2n) is 6.71. The van der Waals surface area contributed by atoms with Gasteiger partial charge in [-0.05, 0) is 73.9 Å². The van der Waals surface area contributed by atoms with Crippen molar-refractivity contribution in [2.45, 2.75) is 38.5 Å². The highest BCUT2D eigenvalue weighted by Crippen LogP contribution is 2.27. The molecular weight excluding hydrogens is 298 g/mol. The Morgan fingerprint density at radius 1 is 1.00 bits per heavy atom. The summed E-state index contributed by atoms with van der Waals surface area (Å²) in [5, 5.41) is 3.36. The van der Waals surface area contributed by atoms with Gasteiger partial charge in [-0.3, -0.25) is 4.79 Å². The number of benzene rings is 1. The maximum atomic E-state index is 12.8. The van der Waals surface area contributed by atoms with Crippen molar-refractivity contribution in [1.29, 1.82) is 0 Å². The van der Waals surface area contributed by atoms with E-state index in [1.54, 1.807) is 6.20 Å². The van der Waals surface area contributed by atoms with Gasteiger partial charge in [-0.2, -0.15) is 0 Å². The van der Waals surface area contributed by atoms with E-state index in [9.17, 15) is 4.79 Å². The number of nitrogens with zero attached hydrogens (tertiary/aromatic N) is 2. The van der Waals surface area contributed by atoms with Gasteiger partial charge >= 0.3 is 0 Å². The number of aromatic nitrogens is 1. The molecule has 4 nitrogen and oxygen atoms in total. The summed E-state index contributed by atoms with van der Waals surface area (Å²) in [4.78, 5) is 19.2. The van der Waals surface area contributed by atoms with Crippen LogP contribution in [0.4, 0.5) is 11.5 Å². The quantitative estimate of drug-likeness (QED) is 0.931. The maximum Gasteiger partial charge on any atom is 0.257 e. The summed E-state index contributed by atoms with van der Waals surface area (Å²) < 4.78 is 0. The van der Waals surface area contributed by atoms with Gasteiger partial charge in [-0.25, -0.2) is 4.98 Å². The minimum absolute atomic E-state index is 0.0893. The third kappa shape index (κ3) is 3.01. The van der Waals surface area contributed by atoms with Crippen molar-refractivity contribution >= 4 is 17.4 Å². The van der Waals surface area contributed by atoms with Gasteiger partial charge in [0.05, 0.1) is 5.56 Å². The first-order valence-electron chi connectivity index (χ1n) is 8.94. The van der Waals surface area contributed by atoms with Crippen molar-refractivity contribution in [2.24, 2.45) is 0 Å². The summed E-state index contributed by atoms with van der Waals surface area (Å²) in [6.45, 7) is 1.71. The predicted molar refractivity (Wildman–Crippen MR) is 95.7 cm³/mol. The number of anilines is 2. The number of carbonyl (C=O) groups excluding carboxylic acids is 1. The Morgan fingerprint density at radius 3 is 2.71 bits per heavy atom. The fourth-order valence-electron chi connectivity index (χ4n) is 3.73. The Hall–Kier alpha value is -2.36. The van der Waals surface area contributed by atoms with Gasteiger partial charge in [-0.15, -0.1) is 0 Å². The van der Waals surface area contributed by atoms with Crippen LogP contribution in [0.1, 0.15) is 47.2 Å². The minimum Gasteiger partial charge on any atom is -0.340 e. The first kappa shape index (κ1) is 15.2. The molecule has 1 saturated heterocycles. The van der Waals surface area contributed by atoms with Crippen LogP contribution in [0, 0.1) is 0 Å². The minimum atomic E-state index is 0.0893. The summed E-state index contributed by atoms with van der Waals surface area (Å²) in [5.74, 6) is 0.748. The summed E-state index contributed by atoms with van der Waals surface area (Å²) in [7, 11) is 0. The van der Waals surface area contributed by atoms with Crippen molar-refractivity contribution in [3.63, 3.8) is 0 Å². The Balaban J connectivity index is 1.58. The number of nitrogens with one attached hydrogen (secondary N) is 1. The van der Waals surface area contributed by atoms with Crippen molar-refractivity contribution < 1.29 is 4.79 Å². The molecule has 0 spiro atoms. The van der Waals surface area contributed by atoms with Gasteiger partial charge in [0, 0.05) is 25.0 Å². The number of hydrogen-bond acceptors (Lipinski definition) is 3. The molecule has 1 N–H and O–H groups in total. The van der Waals surface area contributed by atoms with Crippen LogP contribution in [0.15, 0.2) is 36.5 Å². The van der Waals surface area contributed by atoms with Crippen molar-refractivity contribution in [3.8, 4) is 0 Å². The largest absolute Gasteiger partial charge is 0.340 e. The molecule has 1 aliphatic heterocycles. The normalized spacial score (nSPS) is 16.8. The molecule has 2 aromatic rings. The molecule has 1 aromatic carbocycles. The Morgan fingerprint density at radius 2 is 1.83 bits per heavy atom. The number of likely N-dealkylation sites (tertiary alicyclic amines) is 1. The van der Waals surface area contributed by atoms with Gasteiger partial charge in [-0.1, -0.05) is 6.07 Å². The molecule has 2 aliphatic rings. The summed E-state index contributed by atoms with van der Waals surface area (Å²) in [6, 6.07) is 10.2. The highest BCUT2D eigenvalue weighted by atomic mass is 16.2. The van der Waals surface area contributed by atoms with E-state index in [0.29, 0.717) is 11.4 Å². The monoisotopic (exact) mass is 321 g/mol. The number of rotatable bonds is 3. The predicted octanol–water partition coefficient (Wildman–Crippen LogP) is 3.94. The molecule has 24 heavy (non-hydrogen) atoms. The fourth-order valence-corrected chi connectivity index (χ4v) is 3.73. The molecule has 1 aliphatic carbocycles. The lowest BCUT2D eigenvalue weighted by atomic mass is 10.1. The lowest BCUT2D eigenvalue weighted by Crippen LogP contribution is -2.36. The fraction of sp³-hybridized carbons (Fsp3) is 0.400. The molecular formula is C20H23N3O. The number of hydrogen-bond donors (Lipinski definition) is 1. The third-order valence-electron chi connectivity index (χ3n) is 5.04. The Bertz CT molecular complexity index is 750. The van der Waals surface area contributed by atoms with Crippen LogP contribution in [0.5, 0.6) is 0 Å². The average Bonchev–Trinajstić information content (AvgIpc) is 3.10. The van der Waals surface area contributed by atoms with Gasteiger partial charge in [0.1, 0.15) is 5.82 Å². The van der Waals surface area contributed by atoms with E-state index in [2.05, 4.69) is 28.5 Å². The van der Waals surface area contributed by atoms with Crippen LogP contribution in [-0.2, 0) is 12.8 Å². The molecule has 124 valence electrons. The number of carbonyl (C=O) groups is 1. The van der Waals surface area contributed by atoms with Crippen molar-refractivity contribution in [2.75, 3.05) is 18.4 Å². The first-order valence-corrected chi connectivity index (χ1v) is 8.94. The Labute approximate surface area is 142 Å². The third-order valence-corrected chi connectivity index (χ3v) is 5.04. The lowest BCUT2D eigenvalue weighted by Gasteiger charge is -2.27. The highest BCUT2D eigenvalue weighted by molar-refractivity contribution is 5.99. The molecule has 0 saturated carbocycles. The van der Waals surface area contributed by atoms with Gasteiger partial charge < -0.3 is 10.2 Å². The van der Waals surface area contributed by atoms with Crippen LogP contribution in [0.2, 0.25) is 0 Å². The molecule has 0 atom stereocenters. The van der Waals surface area contributed by atoms with E-state index in [1.807, 2.05) is 17.0 Å². The molecule has 1 fully saturated rings. The van der Waals surface area contributed by atoms with Crippen molar-refractivity contribution in [1.82, 2.24) is 9.88 Å². The Kier molecular flexibility index (Phi) is 4.20. The summed E-state index contributed by atoms with van der Waals surface area (Å²) >= 11 is 0. The van der Waals surface area contributed by atoms with Gasteiger partial charge in [0.2, 0.25) is 0 Å². The van der Waals surface area contributed by atoms with E-state index in [0.717, 1.165) is 38.0 Å². The second kappa shape index (κ2) is 6.63. The number of piperidine rings is 1. The second-order valence-corrected chi connectivity index (χ2v) is 6.71. The van der Waals surface area contributed by atoms with Crippen molar-refractivity contribution in [3.05, 3.63) is 53.2 Å². The van der Waals surface area contributed by atoms with E-state index in [1.165, 1.54) is 30.4 Å². The van der Waals surface area contributed by atoms with E-state index in [4.69, 9.17) is 0 Å².